The van der Waals surface area contributed by atoms with Gasteiger partial charge >= 0.3 is 0 Å². The van der Waals surface area contributed by atoms with Gasteiger partial charge in [-0.2, -0.15) is 0 Å². The first-order chi connectivity index (χ1) is 13.7. The zero-order chi connectivity index (χ0) is 19.3. The van der Waals surface area contributed by atoms with Crippen LogP contribution >= 0.6 is 11.3 Å². The van der Waals surface area contributed by atoms with E-state index >= 15 is 0 Å². The quantitative estimate of drug-likeness (QED) is 0.810. The Bertz CT molecular complexity index is 818. The molecule has 0 unspecified atom stereocenters. The minimum Gasteiger partial charge on any atom is -0.379 e. The fraction of sp³-hybridized carbons (Fsp3) is 0.429. The first-order valence-electron chi connectivity index (χ1n) is 9.80. The number of nitrogens with zero attached hydrogens (tertiary/aromatic N) is 1. The molecule has 2 aliphatic rings. The second-order valence-corrected chi connectivity index (χ2v) is 8.37. The monoisotopic (exact) mass is 399 g/mol. The van der Waals surface area contributed by atoms with Crippen molar-refractivity contribution in [3.8, 4) is 0 Å². The van der Waals surface area contributed by atoms with Crippen LogP contribution in [0.1, 0.15) is 33.0 Å². The highest BCUT2D eigenvalue weighted by Gasteiger charge is 2.17. The number of rotatable bonds is 5. The van der Waals surface area contributed by atoms with Crippen molar-refractivity contribution in [1.82, 2.24) is 4.90 Å². The number of aryl methyl sites for hydroxylation is 2. The molecule has 2 amide bonds. The topological polar surface area (TPSA) is 70.7 Å². The molecule has 1 aliphatic heterocycles. The molecular formula is C21H25N3O3S. The molecule has 2 N–H and O–H groups in total. The summed E-state index contributed by atoms with van der Waals surface area (Å²) in [7, 11) is 0. The van der Waals surface area contributed by atoms with Gasteiger partial charge in [0, 0.05) is 29.3 Å². The van der Waals surface area contributed by atoms with E-state index in [2.05, 4.69) is 15.5 Å². The van der Waals surface area contributed by atoms with Crippen LogP contribution in [0, 0.1) is 0 Å². The van der Waals surface area contributed by atoms with Gasteiger partial charge in [0.2, 0.25) is 5.91 Å². The van der Waals surface area contributed by atoms with Crippen LogP contribution in [0.2, 0.25) is 0 Å². The van der Waals surface area contributed by atoms with Crippen molar-refractivity contribution in [1.29, 1.82) is 0 Å². The highest BCUT2D eigenvalue weighted by Crippen LogP contribution is 2.30. The summed E-state index contributed by atoms with van der Waals surface area (Å²) in [5.74, 6) is -0.105. The van der Waals surface area contributed by atoms with Gasteiger partial charge in [0.15, 0.2) is 0 Å². The van der Waals surface area contributed by atoms with Crippen LogP contribution in [0.3, 0.4) is 0 Å². The van der Waals surface area contributed by atoms with Crippen LogP contribution in [0.5, 0.6) is 0 Å². The third kappa shape index (κ3) is 4.79. The molecule has 1 fully saturated rings. The molecule has 148 valence electrons. The van der Waals surface area contributed by atoms with E-state index < -0.39 is 0 Å². The van der Waals surface area contributed by atoms with E-state index in [0.29, 0.717) is 19.8 Å². The Morgan fingerprint density at radius 1 is 1.00 bits per heavy atom. The zero-order valence-corrected chi connectivity index (χ0v) is 16.6. The van der Waals surface area contributed by atoms with Gasteiger partial charge in [-0.15, -0.1) is 11.3 Å². The molecule has 0 radical (unpaired) electrons. The number of amides is 2. The van der Waals surface area contributed by atoms with Gasteiger partial charge in [0.1, 0.15) is 0 Å². The molecule has 1 aromatic carbocycles. The SMILES string of the molecule is O=C(CN1CCOCC1)Nc1ccc(NC(=O)c2cc3c(s2)CCCC3)cc1. The van der Waals surface area contributed by atoms with E-state index in [9.17, 15) is 9.59 Å². The van der Waals surface area contributed by atoms with E-state index in [1.54, 1.807) is 11.3 Å². The second kappa shape index (κ2) is 8.86. The molecule has 0 bridgehead atoms. The first-order valence-corrected chi connectivity index (χ1v) is 10.6. The number of nitrogens with one attached hydrogen (secondary N) is 2. The number of benzene rings is 1. The lowest BCUT2D eigenvalue weighted by molar-refractivity contribution is -0.118. The molecule has 0 saturated carbocycles. The molecule has 0 spiro atoms. The summed E-state index contributed by atoms with van der Waals surface area (Å²) in [5, 5.41) is 5.85. The smallest absolute Gasteiger partial charge is 0.265 e. The van der Waals surface area contributed by atoms with E-state index in [0.717, 1.165) is 42.2 Å². The number of ether oxygens (including phenoxy) is 1. The predicted molar refractivity (Wildman–Crippen MR) is 111 cm³/mol. The van der Waals surface area contributed by atoms with Gasteiger partial charge in [-0.25, -0.2) is 0 Å². The lowest BCUT2D eigenvalue weighted by atomic mass is 9.99. The van der Waals surface area contributed by atoms with Crippen molar-refractivity contribution in [3.05, 3.63) is 45.6 Å². The number of fused-ring (bicyclic) bond motifs is 1. The summed E-state index contributed by atoms with van der Waals surface area (Å²) in [4.78, 5) is 28.9. The Kier molecular flexibility index (Phi) is 6.04. The first kappa shape index (κ1) is 19.1. The molecular weight excluding hydrogens is 374 g/mol. The fourth-order valence-corrected chi connectivity index (χ4v) is 4.74. The van der Waals surface area contributed by atoms with Crippen LogP contribution < -0.4 is 10.6 Å². The standard InChI is InChI=1S/C21H25N3O3S/c25-20(14-24-9-11-27-12-10-24)22-16-5-7-17(8-6-16)23-21(26)19-13-15-3-1-2-4-18(15)28-19/h5-8,13H,1-4,9-12,14H2,(H,22,25)(H,23,26). The van der Waals surface area contributed by atoms with Crippen LogP contribution in [0.15, 0.2) is 30.3 Å². The van der Waals surface area contributed by atoms with Crippen molar-refractivity contribution in [3.63, 3.8) is 0 Å². The van der Waals surface area contributed by atoms with E-state index in [1.807, 2.05) is 30.3 Å². The summed E-state index contributed by atoms with van der Waals surface area (Å²) in [6.07, 6.45) is 4.60. The zero-order valence-electron chi connectivity index (χ0n) is 15.8. The molecule has 2 aromatic rings. The predicted octanol–water partition coefficient (Wildman–Crippen LogP) is 3.15. The third-order valence-corrected chi connectivity index (χ3v) is 6.35. The van der Waals surface area contributed by atoms with Crippen LogP contribution in [0.25, 0.3) is 0 Å². The Morgan fingerprint density at radius 3 is 2.39 bits per heavy atom. The van der Waals surface area contributed by atoms with Crippen molar-refractivity contribution >= 4 is 34.5 Å². The minimum absolute atomic E-state index is 0.0390. The van der Waals surface area contributed by atoms with Gasteiger partial charge < -0.3 is 15.4 Å². The molecule has 2 heterocycles. The van der Waals surface area contributed by atoms with Crippen molar-refractivity contribution in [2.24, 2.45) is 0 Å². The third-order valence-electron chi connectivity index (χ3n) is 5.12. The number of anilines is 2. The van der Waals surface area contributed by atoms with Crippen LogP contribution in [-0.2, 0) is 22.4 Å². The van der Waals surface area contributed by atoms with Gasteiger partial charge in [-0.05, 0) is 61.6 Å². The maximum Gasteiger partial charge on any atom is 0.265 e. The normalized spacial score (nSPS) is 17.0. The maximum atomic E-state index is 12.5. The Labute approximate surface area is 168 Å². The summed E-state index contributed by atoms with van der Waals surface area (Å²) in [6.45, 7) is 3.28. The molecule has 1 aliphatic carbocycles. The summed E-state index contributed by atoms with van der Waals surface area (Å²) >= 11 is 1.61. The summed E-state index contributed by atoms with van der Waals surface area (Å²) in [5.41, 5.74) is 2.78. The molecule has 4 rings (SSSR count). The number of hydrogen-bond donors (Lipinski definition) is 2. The number of morpholine rings is 1. The molecule has 0 atom stereocenters. The second-order valence-electron chi connectivity index (χ2n) is 7.23. The van der Waals surface area contributed by atoms with E-state index in [4.69, 9.17) is 4.74 Å². The number of thiophene rings is 1. The van der Waals surface area contributed by atoms with E-state index in [-0.39, 0.29) is 11.8 Å². The Balaban J connectivity index is 1.30. The number of carbonyl (C=O) groups is 2. The Hall–Kier alpha value is -2.22. The van der Waals surface area contributed by atoms with Gasteiger partial charge in [-0.1, -0.05) is 0 Å². The number of carbonyl (C=O) groups excluding carboxylic acids is 2. The number of hydrogen-bond acceptors (Lipinski definition) is 5. The van der Waals surface area contributed by atoms with Crippen LogP contribution in [-0.4, -0.2) is 49.6 Å². The minimum atomic E-state index is -0.0662. The highest BCUT2D eigenvalue weighted by atomic mass is 32.1. The molecule has 1 aromatic heterocycles. The summed E-state index contributed by atoms with van der Waals surface area (Å²) in [6, 6.07) is 9.29. The molecule has 7 heteroatoms. The average Bonchev–Trinajstić information content (AvgIpc) is 3.15. The highest BCUT2D eigenvalue weighted by molar-refractivity contribution is 7.14. The van der Waals surface area contributed by atoms with Crippen molar-refractivity contribution in [2.75, 3.05) is 43.5 Å². The average molecular weight is 400 g/mol. The largest absolute Gasteiger partial charge is 0.379 e. The summed E-state index contributed by atoms with van der Waals surface area (Å²) < 4.78 is 5.29. The molecule has 1 saturated heterocycles. The lowest BCUT2D eigenvalue weighted by Crippen LogP contribution is -2.41. The fourth-order valence-electron chi connectivity index (χ4n) is 3.60. The molecule has 28 heavy (non-hydrogen) atoms. The van der Waals surface area contributed by atoms with Crippen molar-refractivity contribution < 1.29 is 14.3 Å². The van der Waals surface area contributed by atoms with Crippen molar-refractivity contribution in [2.45, 2.75) is 25.7 Å². The lowest BCUT2D eigenvalue weighted by Gasteiger charge is -2.25. The van der Waals surface area contributed by atoms with Gasteiger partial charge in [0.05, 0.1) is 24.6 Å². The van der Waals surface area contributed by atoms with Gasteiger partial charge in [0.25, 0.3) is 5.91 Å². The maximum absolute atomic E-state index is 12.5. The Morgan fingerprint density at radius 2 is 1.68 bits per heavy atom. The van der Waals surface area contributed by atoms with Gasteiger partial charge in [-0.3, -0.25) is 14.5 Å². The molecule has 6 nitrogen and oxygen atoms in total. The van der Waals surface area contributed by atoms with E-state index in [1.165, 1.54) is 23.3 Å². The van der Waals surface area contributed by atoms with Crippen LogP contribution in [0.4, 0.5) is 11.4 Å².